The number of nitrogens with zero attached hydrogens (tertiary/aromatic N) is 2. The molecule has 0 amide bonds. The van der Waals surface area contributed by atoms with Gasteiger partial charge >= 0.3 is 0 Å². The fraction of sp³-hybridized carbons (Fsp3) is 0.208. The van der Waals surface area contributed by atoms with E-state index in [9.17, 15) is 0 Å². The van der Waals surface area contributed by atoms with E-state index in [0.717, 1.165) is 23.6 Å². The van der Waals surface area contributed by atoms with Gasteiger partial charge in [-0.15, -0.1) is 0 Å². The average molecular weight is 356 g/mol. The van der Waals surface area contributed by atoms with E-state index in [1.54, 1.807) is 7.11 Å². The first-order chi connectivity index (χ1) is 13.2. The second-order valence-electron chi connectivity index (χ2n) is 7.04. The molecule has 1 aliphatic rings. The number of aryl methyl sites for hydroxylation is 2. The van der Waals surface area contributed by atoms with E-state index in [1.165, 1.54) is 22.3 Å². The monoisotopic (exact) mass is 356 g/mol. The first kappa shape index (κ1) is 17.3. The van der Waals surface area contributed by atoms with Gasteiger partial charge in [-0.1, -0.05) is 54.1 Å². The molecule has 4 rings (SSSR count). The van der Waals surface area contributed by atoms with Crippen LogP contribution in [0.5, 0.6) is 5.75 Å². The third-order valence-electron chi connectivity index (χ3n) is 5.12. The number of anilines is 1. The molecule has 0 bridgehead atoms. The van der Waals surface area contributed by atoms with Crippen LogP contribution in [0.2, 0.25) is 0 Å². The van der Waals surface area contributed by atoms with Crippen molar-refractivity contribution in [2.24, 2.45) is 5.10 Å². The highest BCUT2D eigenvalue weighted by molar-refractivity contribution is 6.04. The SMILES string of the molecule is COc1ccc(C2CC(c3ccc(C)cc3C)=NN2c2ccccc2)cc1. The Hall–Kier alpha value is -3.07. The minimum absolute atomic E-state index is 0.175. The number of ether oxygens (including phenoxy) is 1. The van der Waals surface area contributed by atoms with Gasteiger partial charge in [0.15, 0.2) is 0 Å². The quantitative estimate of drug-likeness (QED) is 0.602. The van der Waals surface area contributed by atoms with E-state index in [1.807, 2.05) is 18.2 Å². The van der Waals surface area contributed by atoms with Crippen LogP contribution in [0.4, 0.5) is 5.69 Å². The number of hydrogen-bond donors (Lipinski definition) is 0. The highest BCUT2D eigenvalue weighted by Crippen LogP contribution is 2.37. The van der Waals surface area contributed by atoms with Crippen LogP contribution in [0.15, 0.2) is 77.9 Å². The second kappa shape index (κ2) is 7.28. The van der Waals surface area contributed by atoms with Gasteiger partial charge in [0.2, 0.25) is 0 Å². The molecule has 3 aromatic rings. The average Bonchev–Trinajstić information content (AvgIpc) is 3.14. The van der Waals surface area contributed by atoms with E-state index in [0.29, 0.717) is 0 Å². The maximum absolute atomic E-state index is 5.32. The van der Waals surface area contributed by atoms with Crippen molar-refractivity contribution in [3.8, 4) is 5.75 Å². The number of rotatable bonds is 4. The zero-order valence-electron chi connectivity index (χ0n) is 16.0. The van der Waals surface area contributed by atoms with E-state index in [-0.39, 0.29) is 6.04 Å². The van der Waals surface area contributed by atoms with Crippen molar-refractivity contribution in [1.82, 2.24) is 0 Å². The largest absolute Gasteiger partial charge is 0.497 e. The number of hydrazone groups is 1. The lowest BCUT2D eigenvalue weighted by molar-refractivity contribution is 0.414. The second-order valence-corrected chi connectivity index (χ2v) is 7.04. The van der Waals surface area contributed by atoms with Crippen molar-refractivity contribution < 1.29 is 4.74 Å². The molecule has 136 valence electrons. The van der Waals surface area contributed by atoms with Crippen molar-refractivity contribution in [2.75, 3.05) is 12.1 Å². The molecule has 1 atom stereocenters. The van der Waals surface area contributed by atoms with Gasteiger partial charge in [-0.2, -0.15) is 5.10 Å². The van der Waals surface area contributed by atoms with Crippen LogP contribution in [-0.2, 0) is 0 Å². The standard InChI is InChI=1S/C24H24N2O/c1-17-9-14-22(18(2)15-17)23-16-24(19-10-12-21(27-3)13-11-19)26(25-23)20-7-5-4-6-8-20/h4-15,24H,16H2,1-3H3. The Balaban J connectivity index is 1.74. The summed E-state index contributed by atoms with van der Waals surface area (Å²) in [5, 5.41) is 7.19. The smallest absolute Gasteiger partial charge is 0.118 e. The van der Waals surface area contributed by atoms with Crippen LogP contribution in [0, 0.1) is 13.8 Å². The van der Waals surface area contributed by atoms with Gasteiger partial charge in [0.1, 0.15) is 5.75 Å². The van der Waals surface area contributed by atoms with Crippen LogP contribution in [0.3, 0.4) is 0 Å². The molecule has 3 aromatic carbocycles. The van der Waals surface area contributed by atoms with E-state index >= 15 is 0 Å². The van der Waals surface area contributed by atoms with Crippen molar-refractivity contribution in [2.45, 2.75) is 26.3 Å². The van der Waals surface area contributed by atoms with Crippen LogP contribution in [0.25, 0.3) is 0 Å². The van der Waals surface area contributed by atoms with E-state index in [2.05, 4.69) is 73.5 Å². The lowest BCUT2D eigenvalue weighted by Gasteiger charge is -2.24. The normalized spacial score (nSPS) is 16.3. The zero-order valence-corrected chi connectivity index (χ0v) is 16.0. The van der Waals surface area contributed by atoms with E-state index in [4.69, 9.17) is 9.84 Å². The van der Waals surface area contributed by atoms with Gasteiger partial charge in [0.05, 0.1) is 24.6 Å². The van der Waals surface area contributed by atoms with Gasteiger partial charge in [-0.3, -0.25) is 5.01 Å². The lowest BCUT2D eigenvalue weighted by atomic mass is 9.95. The summed E-state index contributed by atoms with van der Waals surface area (Å²) in [5.41, 5.74) is 7.27. The molecule has 1 aliphatic heterocycles. The lowest BCUT2D eigenvalue weighted by Crippen LogP contribution is -2.18. The summed E-state index contributed by atoms with van der Waals surface area (Å²) >= 11 is 0. The molecule has 1 unspecified atom stereocenters. The van der Waals surface area contributed by atoms with Crippen molar-refractivity contribution in [3.63, 3.8) is 0 Å². The summed E-state index contributed by atoms with van der Waals surface area (Å²) < 4.78 is 5.32. The summed E-state index contributed by atoms with van der Waals surface area (Å²) in [4.78, 5) is 0. The first-order valence-electron chi connectivity index (χ1n) is 9.29. The first-order valence-corrected chi connectivity index (χ1v) is 9.29. The number of para-hydroxylation sites is 1. The number of benzene rings is 3. The van der Waals surface area contributed by atoms with Crippen molar-refractivity contribution >= 4 is 11.4 Å². The Morgan fingerprint density at radius 2 is 1.67 bits per heavy atom. The molecule has 0 aromatic heterocycles. The third kappa shape index (κ3) is 3.45. The van der Waals surface area contributed by atoms with Crippen LogP contribution >= 0.6 is 0 Å². The van der Waals surface area contributed by atoms with Crippen molar-refractivity contribution in [1.29, 1.82) is 0 Å². The summed E-state index contributed by atoms with van der Waals surface area (Å²) in [7, 11) is 1.70. The summed E-state index contributed by atoms with van der Waals surface area (Å²) in [6.07, 6.45) is 0.880. The fourth-order valence-corrected chi connectivity index (χ4v) is 3.71. The fourth-order valence-electron chi connectivity index (χ4n) is 3.71. The highest BCUT2D eigenvalue weighted by atomic mass is 16.5. The van der Waals surface area contributed by atoms with Crippen molar-refractivity contribution in [3.05, 3.63) is 95.1 Å². The molecule has 1 heterocycles. The minimum Gasteiger partial charge on any atom is -0.497 e. The Morgan fingerprint density at radius 1 is 0.926 bits per heavy atom. The topological polar surface area (TPSA) is 24.8 Å². The van der Waals surface area contributed by atoms with Crippen LogP contribution < -0.4 is 9.75 Å². The number of methoxy groups -OCH3 is 1. The molecule has 0 saturated carbocycles. The molecule has 3 heteroatoms. The molecule has 0 saturated heterocycles. The van der Waals surface area contributed by atoms with Crippen LogP contribution in [-0.4, -0.2) is 12.8 Å². The summed E-state index contributed by atoms with van der Waals surface area (Å²) in [6, 6.07) is 25.5. The van der Waals surface area contributed by atoms with Gasteiger partial charge in [-0.25, -0.2) is 0 Å². The summed E-state index contributed by atoms with van der Waals surface area (Å²) in [5.74, 6) is 0.874. The van der Waals surface area contributed by atoms with Gasteiger partial charge in [-0.05, 0) is 49.2 Å². The predicted molar refractivity (Wildman–Crippen MR) is 112 cm³/mol. The van der Waals surface area contributed by atoms with Crippen LogP contribution in [0.1, 0.15) is 34.7 Å². The molecule has 0 fully saturated rings. The molecule has 3 nitrogen and oxygen atoms in total. The third-order valence-corrected chi connectivity index (χ3v) is 5.12. The molecule has 27 heavy (non-hydrogen) atoms. The minimum atomic E-state index is 0.175. The highest BCUT2D eigenvalue weighted by Gasteiger charge is 2.30. The predicted octanol–water partition coefficient (Wildman–Crippen LogP) is 5.67. The molecule has 0 spiro atoms. The number of hydrogen-bond acceptors (Lipinski definition) is 3. The molecule has 0 N–H and O–H groups in total. The Labute approximate surface area is 160 Å². The summed E-state index contributed by atoms with van der Waals surface area (Å²) in [6.45, 7) is 4.29. The van der Waals surface area contributed by atoms with Gasteiger partial charge in [0.25, 0.3) is 0 Å². The Morgan fingerprint density at radius 3 is 2.33 bits per heavy atom. The zero-order chi connectivity index (χ0) is 18.8. The molecule has 0 aliphatic carbocycles. The molecular weight excluding hydrogens is 332 g/mol. The maximum atomic E-state index is 5.32. The maximum Gasteiger partial charge on any atom is 0.118 e. The van der Waals surface area contributed by atoms with E-state index < -0.39 is 0 Å². The van der Waals surface area contributed by atoms with Gasteiger partial charge < -0.3 is 4.74 Å². The van der Waals surface area contributed by atoms with Gasteiger partial charge in [0, 0.05) is 12.0 Å². The molecular formula is C24H24N2O. The Bertz CT molecular complexity index is 961. The Kier molecular flexibility index (Phi) is 4.68. The molecule has 0 radical (unpaired) electrons.